The number of rotatable bonds is 3. The van der Waals surface area contributed by atoms with Crippen LogP contribution in [0.5, 0.6) is 0 Å². The molecule has 1 rings (SSSR count). The fraction of sp³-hybridized carbons (Fsp3) is 1.00. The van der Waals surface area contributed by atoms with E-state index in [2.05, 4.69) is 4.90 Å². The third-order valence-electron chi connectivity index (χ3n) is 2.84. The summed E-state index contributed by atoms with van der Waals surface area (Å²) in [4.78, 5) is 2.37. The molecule has 1 atom stereocenters. The van der Waals surface area contributed by atoms with Crippen LogP contribution in [0.1, 0.15) is 40.0 Å². The Kier molecular flexibility index (Phi) is 3.72. The van der Waals surface area contributed by atoms with Gasteiger partial charge in [0.15, 0.2) is 0 Å². The van der Waals surface area contributed by atoms with Crippen molar-refractivity contribution in [1.82, 2.24) is 4.90 Å². The lowest BCUT2D eigenvalue weighted by molar-refractivity contribution is 0.136. The minimum absolute atomic E-state index is 0.181. The normalized spacial score (nSPS) is 22.2. The summed E-state index contributed by atoms with van der Waals surface area (Å²) in [5.41, 5.74) is -0.181. The van der Waals surface area contributed by atoms with E-state index in [1.54, 1.807) is 0 Å². The van der Waals surface area contributed by atoms with Crippen molar-refractivity contribution in [3.8, 4) is 0 Å². The molecule has 78 valence electrons. The van der Waals surface area contributed by atoms with Gasteiger partial charge in [0.1, 0.15) is 6.17 Å². The Labute approximate surface area is 81.3 Å². The molecule has 1 aliphatic heterocycles. The topological polar surface area (TPSA) is 3.24 Å². The van der Waals surface area contributed by atoms with Gasteiger partial charge < -0.3 is 4.90 Å². The van der Waals surface area contributed by atoms with Gasteiger partial charge in [0.25, 0.3) is 0 Å². The van der Waals surface area contributed by atoms with Gasteiger partial charge in [0, 0.05) is 6.54 Å². The standard InChI is InChI=1S/C11H22FN/c1-11(2,3)10(12)6-9-13-7-4-5-8-13/h10H,4-9H2,1-3H3. The van der Waals surface area contributed by atoms with Crippen LogP contribution in [-0.2, 0) is 0 Å². The highest BCUT2D eigenvalue weighted by molar-refractivity contribution is 4.75. The molecule has 1 saturated heterocycles. The summed E-state index contributed by atoms with van der Waals surface area (Å²) in [7, 11) is 0. The molecule has 1 nitrogen and oxygen atoms in total. The third-order valence-corrected chi connectivity index (χ3v) is 2.84. The first kappa shape index (κ1) is 11.0. The number of hydrogen-bond donors (Lipinski definition) is 0. The number of halogens is 1. The van der Waals surface area contributed by atoms with Crippen LogP contribution < -0.4 is 0 Å². The van der Waals surface area contributed by atoms with E-state index in [1.165, 1.54) is 25.9 Å². The average Bonchev–Trinajstić information content (AvgIpc) is 2.50. The Hall–Kier alpha value is -0.110. The monoisotopic (exact) mass is 187 g/mol. The van der Waals surface area contributed by atoms with Crippen LogP contribution in [0.3, 0.4) is 0 Å². The molecule has 1 aliphatic rings. The first-order valence-electron chi connectivity index (χ1n) is 5.36. The summed E-state index contributed by atoms with van der Waals surface area (Å²) >= 11 is 0. The van der Waals surface area contributed by atoms with Crippen LogP contribution >= 0.6 is 0 Å². The fourth-order valence-corrected chi connectivity index (χ4v) is 1.74. The zero-order valence-corrected chi connectivity index (χ0v) is 9.15. The summed E-state index contributed by atoms with van der Waals surface area (Å²) in [6, 6.07) is 0. The second-order valence-electron chi connectivity index (χ2n) is 5.17. The minimum Gasteiger partial charge on any atom is -0.303 e. The van der Waals surface area contributed by atoms with Gasteiger partial charge in [-0.1, -0.05) is 20.8 Å². The summed E-state index contributed by atoms with van der Waals surface area (Å²) in [5, 5.41) is 0. The Bertz CT molecular complexity index is 145. The van der Waals surface area contributed by atoms with Crippen molar-refractivity contribution in [3.05, 3.63) is 0 Å². The van der Waals surface area contributed by atoms with Gasteiger partial charge in [-0.3, -0.25) is 0 Å². The van der Waals surface area contributed by atoms with Crippen LogP contribution in [-0.4, -0.2) is 30.7 Å². The highest BCUT2D eigenvalue weighted by Gasteiger charge is 2.24. The van der Waals surface area contributed by atoms with Crippen molar-refractivity contribution < 1.29 is 4.39 Å². The van der Waals surface area contributed by atoms with Crippen LogP contribution in [0, 0.1) is 5.41 Å². The molecule has 0 aromatic carbocycles. The Morgan fingerprint density at radius 1 is 1.23 bits per heavy atom. The first-order chi connectivity index (χ1) is 6.00. The molecule has 0 amide bonds. The molecule has 0 aromatic rings. The van der Waals surface area contributed by atoms with E-state index >= 15 is 0 Å². The van der Waals surface area contributed by atoms with E-state index in [1.807, 2.05) is 20.8 Å². The van der Waals surface area contributed by atoms with Crippen molar-refractivity contribution >= 4 is 0 Å². The van der Waals surface area contributed by atoms with Gasteiger partial charge in [0.05, 0.1) is 0 Å². The molecule has 0 aromatic heterocycles. The Balaban J connectivity index is 2.17. The summed E-state index contributed by atoms with van der Waals surface area (Å²) < 4.78 is 13.5. The highest BCUT2D eigenvalue weighted by Crippen LogP contribution is 2.25. The van der Waals surface area contributed by atoms with E-state index in [4.69, 9.17) is 0 Å². The van der Waals surface area contributed by atoms with Gasteiger partial charge in [0.2, 0.25) is 0 Å². The predicted octanol–water partition coefficient (Wildman–Crippen LogP) is 2.86. The summed E-state index contributed by atoms with van der Waals surface area (Å²) in [6.45, 7) is 9.22. The molecule has 1 fully saturated rings. The Morgan fingerprint density at radius 3 is 2.23 bits per heavy atom. The Morgan fingerprint density at radius 2 is 1.77 bits per heavy atom. The zero-order valence-electron chi connectivity index (χ0n) is 9.15. The van der Waals surface area contributed by atoms with Crippen LogP contribution in [0.2, 0.25) is 0 Å². The molecule has 0 spiro atoms. The second-order valence-corrected chi connectivity index (χ2v) is 5.17. The molecule has 0 N–H and O–H groups in total. The maximum atomic E-state index is 13.5. The van der Waals surface area contributed by atoms with Gasteiger partial charge >= 0.3 is 0 Å². The number of hydrogen-bond acceptors (Lipinski definition) is 1. The zero-order chi connectivity index (χ0) is 9.90. The smallest absolute Gasteiger partial charge is 0.106 e. The lowest BCUT2D eigenvalue weighted by atomic mass is 9.88. The van der Waals surface area contributed by atoms with E-state index in [-0.39, 0.29) is 5.41 Å². The van der Waals surface area contributed by atoms with E-state index < -0.39 is 6.17 Å². The van der Waals surface area contributed by atoms with E-state index in [9.17, 15) is 4.39 Å². The van der Waals surface area contributed by atoms with Gasteiger partial charge in [-0.15, -0.1) is 0 Å². The van der Waals surface area contributed by atoms with Gasteiger partial charge in [-0.05, 0) is 37.8 Å². The predicted molar refractivity (Wildman–Crippen MR) is 54.6 cm³/mol. The second kappa shape index (κ2) is 4.41. The van der Waals surface area contributed by atoms with Gasteiger partial charge in [-0.2, -0.15) is 0 Å². The van der Waals surface area contributed by atoms with Gasteiger partial charge in [-0.25, -0.2) is 4.39 Å². The molecular weight excluding hydrogens is 165 g/mol. The van der Waals surface area contributed by atoms with Crippen LogP contribution in [0.25, 0.3) is 0 Å². The minimum atomic E-state index is -0.659. The lowest BCUT2D eigenvalue weighted by Crippen LogP contribution is -2.28. The van der Waals surface area contributed by atoms with Crippen molar-refractivity contribution in [2.24, 2.45) is 5.41 Å². The highest BCUT2D eigenvalue weighted by atomic mass is 19.1. The molecule has 0 radical (unpaired) electrons. The van der Waals surface area contributed by atoms with Crippen LogP contribution in [0.4, 0.5) is 4.39 Å². The van der Waals surface area contributed by atoms with E-state index in [0.29, 0.717) is 6.42 Å². The quantitative estimate of drug-likeness (QED) is 0.656. The number of likely N-dealkylation sites (tertiary alicyclic amines) is 1. The first-order valence-corrected chi connectivity index (χ1v) is 5.36. The molecule has 0 bridgehead atoms. The average molecular weight is 187 g/mol. The lowest BCUT2D eigenvalue weighted by Gasteiger charge is -2.25. The fourth-order valence-electron chi connectivity index (χ4n) is 1.74. The van der Waals surface area contributed by atoms with Crippen molar-refractivity contribution in [2.75, 3.05) is 19.6 Å². The third kappa shape index (κ3) is 3.63. The molecule has 1 unspecified atom stereocenters. The molecule has 2 heteroatoms. The van der Waals surface area contributed by atoms with Crippen molar-refractivity contribution in [2.45, 2.75) is 46.2 Å². The molecule has 0 saturated carbocycles. The SMILES string of the molecule is CC(C)(C)C(F)CCN1CCCC1. The maximum absolute atomic E-state index is 13.5. The van der Waals surface area contributed by atoms with Crippen molar-refractivity contribution in [3.63, 3.8) is 0 Å². The summed E-state index contributed by atoms with van der Waals surface area (Å²) in [6.07, 6.45) is 2.63. The summed E-state index contributed by atoms with van der Waals surface area (Å²) in [5.74, 6) is 0. The molecule has 0 aliphatic carbocycles. The number of alkyl halides is 1. The largest absolute Gasteiger partial charge is 0.303 e. The number of nitrogens with zero attached hydrogens (tertiary/aromatic N) is 1. The molecule has 13 heavy (non-hydrogen) atoms. The van der Waals surface area contributed by atoms with Crippen molar-refractivity contribution in [1.29, 1.82) is 0 Å². The maximum Gasteiger partial charge on any atom is 0.106 e. The molecular formula is C11H22FN. The van der Waals surface area contributed by atoms with Crippen LogP contribution in [0.15, 0.2) is 0 Å². The van der Waals surface area contributed by atoms with E-state index in [0.717, 1.165) is 6.54 Å². The molecule has 1 heterocycles.